The molecule has 0 aliphatic heterocycles. The quantitative estimate of drug-likeness (QED) is 0.730. The van der Waals surface area contributed by atoms with Crippen molar-refractivity contribution in [3.8, 4) is 0 Å². The third-order valence-electron chi connectivity index (χ3n) is 3.94. The van der Waals surface area contributed by atoms with Crippen LogP contribution in [0.15, 0.2) is 71.9 Å². The number of nitrogens with one attached hydrogen (secondary N) is 1. The highest BCUT2D eigenvalue weighted by molar-refractivity contribution is 7.92. The first-order valence-electron chi connectivity index (χ1n) is 8.13. The normalized spacial score (nSPS) is 11.6. The molecule has 130 valence electrons. The molecule has 6 heteroatoms. The number of sulfonamides is 1. The maximum atomic E-state index is 12.6. The third kappa shape index (κ3) is 4.28. The third-order valence-corrected chi connectivity index (χ3v) is 5.34. The Balaban J connectivity index is 1.78. The van der Waals surface area contributed by atoms with Crippen molar-refractivity contribution in [1.82, 2.24) is 9.78 Å². The molecule has 0 aliphatic rings. The Bertz CT molecular complexity index is 931. The second-order valence-corrected chi connectivity index (χ2v) is 7.92. The van der Waals surface area contributed by atoms with Gasteiger partial charge in [0.05, 0.1) is 11.4 Å². The van der Waals surface area contributed by atoms with Crippen molar-refractivity contribution >= 4 is 15.7 Å². The maximum Gasteiger partial charge on any atom is 0.261 e. The monoisotopic (exact) mass is 355 g/mol. The van der Waals surface area contributed by atoms with E-state index in [9.17, 15) is 8.42 Å². The fraction of sp³-hybridized carbons (Fsp3) is 0.211. The second kappa shape index (κ2) is 7.11. The highest BCUT2D eigenvalue weighted by Gasteiger charge is 2.14. The average molecular weight is 355 g/mol. The van der Waals surface area contributed by atoms with Crippen LogP contribution in [0.5, 0.6) is 0 Å². The molecule has 0 saturated carbocycles. The molecule has 0 saturated heterocycles. The van der Waals surface area contributed by atoms with Gasteiger partial charge in [0.15, 0.2) is 0 Å². The Morgan fingerprint density at radius 3 is 2.48 bits per heavy atom. The maximum absolute atomic E-state index is 12.6. The highest BCUT2D eigenvalue weighted by Crippen LogP contribution is 2.20. The highest BCUT2D eigenvalue weighted by atomic mass is 32.2. The lowest BCUT2D eigenvalue weighted by Gasteiger charge is -2.11. The van der Waals surface area contributed by atoms with Crippen LogP contribution in [0.3, 0.4) is 0 Å². The second-order valence-electron chi connectivity index (χ2n) is 6.23. The summed E-state index contributed by atoms with van der Waals surface area (Å²) in [6, 6.07) is 16.2. The van der Waals surface area contributed by atoms with E-state index >= 15 is 0 Å². The number of aromatic nitrogens is 2. The molecule has 0 atom stereocenters. The van der Waals surface area contributed by atoms with Gasteiger partial charge in [-0.2, -0.15) is 5.10 Å². The Kier molecular flexibility index (Phi) is 4.90. The van der Waals surface area contributed by atoms with Crippen molar-refractivity contribution in [3.63, 3.8) is 0 Å². The van der Waals surface area contributed by atoms with E-state index in [0.717, 1.165) is 11.1 Å². The Labute approximate surface area is 148 Å². The minimum atomic E-state index is -3.61. The van der Waals surface area contributed by atoms with Crippen LogP contribution in [0.1, 0.15) is 30.9 Å². The number of hydrogen-bond acceptors (Lipinski definition) is 3. The first-order valence-corrected chi connectivity index (χ1v) is 9.61. The van der Waals surface area contributed by atoms with Crippen molar-refractivity contribution in [1.29, 1.82) is 0 Å². The molecule has 25 heavy (non-hydrogen) atoms. The number of hydrogen-bond donors (Lipinski definition) is 1. The number of anilines is 1. The molecule has 0 spiro atoms. The number of nitrogens with zero attached hydrogens (tertiary/aromatic N) is 2. The van der Waals surface area contributed by atoms with Gasteiger partial charge in [-0.1, -0.05) is 38.1 Å². The topological polar surface area (TPSA) is 64.0 Å². The Hall–Kier alpha value is -2.60. The zero-order valence-corrected chi connectivity index (χ0v) is 15.1. The van der Waals surface area contributed by atoms with Gasteiger partial charge in [0.1, 0.15) is 0 Å². The SMILES string of the molecule is CC(C)c1ccc(S(=O)(=O)Nc2cccc(Cn3cccn3)c2)cc1. The average Bonchev–Trinajstić information content (AvgIpc) is 3.08. The van der Waals surface area contributed by atoms with Gasteiger partial charge < -0.3 is 0 Å². The van der Waals surface area contributed by atoms with Gasteiger partial charge in [-0.3, -0.25) is 9.40 Å². The summed E-state index contributed by atoms with van der Waals surface area (Å²) in [5, 5.41) is 4.16. The van der Waals surface area contributed by atoms with Crippen LogP contribution in [0.25, 0.3) is 0 Å². The largest absolute Gasteiger partial charge is 0.280 e. The molecule has 0 bridgehead atoms. The fourth-order valence-electron chi connectivity index (χ4n) is 2.56. The van der Waals surface area contributed by atoms with Crippen LogP contribution in [0.4, 0.5) is 5.69 Å². The van der Waals surface area contributed by atoms with Crippen LogP contribution in [-0.2, 0) is 16.6 Å². The van der Waals surface area contributed by atoms with E-state index in [-0.39, 0.29) is 4.90 Å². The predicted molar refractivity (Wildman–Crippen MR) is 99.1 cm³/mol. The summed E-state index contributed by atoms with van der Waals surface area (Å²) in [5.74, 6) is 0.365. The first-order chi connectivity index (χ1) is 11.9. The summed E-state index contributed by atoms with van der Waals surface area (Å²) in [4.78, 5) is 0.259. The van der Waals surface area contributed by atoms with Crippen LogP contribution >= 0.6 is 0 Å². The molecule has 0 fully saturated rings. The first kappa shape index (κ1) is 17.2. The summed E-state index contributed by atoms with van der Waals surface area (Å²) in [6.45, 7) is 4.74. The van der Waals surface area contributed by atoms with Gasteiger partial charge in [-0.15, -0.1) is 0 Å². The lowest BCUT2D eigenvalue weighted by atomic mass is 10.0. The molecule has 0 unspecified atom stereocenters. The minimum absolute atomic E-state index is 0.259. The van der Waals surface area contributed by atoms with Gasteiger partial charge in [0.2, 0.25) is 0 Å². The Morgan fingerprint density at radius 2 is 1.84 bits per heavy atom. The smallest absolute Gasteiger partial charge is 0.261 e. The predicted octanol–water partition coefficient (Wildman–Crippen LogP) is 3.86. The molecule has 5 nitrogen and oxygen atoms in total. The van der Waals surface area contributed by atoms with E-state index in [1.807, 2.05) is 42.6 Å². The molecular formula is C19H21N3O2S. The molecule has 3 aromatic rings. The van der Waals surface area contributed by atoms with Crippen molar-refractivity contribution in [3.05, 3.63) is 78.1 Å². The van der Waals surface area contributed by atoms with Gasteiger partial charge in [-0.25, -0.2) is 8.42 Å². The molecule has 1 heterocycles. The molecule has 0 amide bonds. The number of rotatable bonds is 6. The molecule has 1 N–H and O–H groups in total. The summed E-state index contributed by atoms with van der Waals surface area (Å²) in [5.41, 5.74) is 2.62. The molecule has 0 aliphatic carbocycles. The van der Waals surface area contributed by atoms with Crippen molar-refractivity contribution in [2.75, 3.05) is 4.72 Å². The van der Waals surface area contributed by atoms with Crippen molar-refractivity contribution < 1.29 is 8.42 Å². The lowest BCUT2D eigenvalue weighted by molar-refractivity contribution is 0.601. The van der Waals surface area contributed by atoms with Crippen LogP contribution in [-0.4, -0.2) is 18.2 Å². The van der Waals surface area contributed by atoms with Crippen LogP contribution in [0.2, 0.25) is 0 Å². The number of benzene rings is 2. The van der Waals surface area contributed by atoms with E-state index in [1.165, 1.54) is 0 Å². The zero-order chi connectivity index (χ0) is 17.9. The van der Waals surface area contributed by atoms with E-state index in [4.69, 9.17) is 0 Å². The molecule has 3 rings (SSSR count). The van der Waals surface area contributed by atoms with E-state index in [2.05, 4.69) is 23.7 Å². The lowest BCUT2D eigenvalue weighted by Crippen LogP contribution is -2.13. The van der Waals surface area contributed by atoms with Gasteiger partial charge in [-0.05, 0) is 47.4 Å². The van der Waals surface area contributed by atoms with Crippen molar-refractivity contribution in [2.45, 2.75) is 31.2 Å². The minimum Gasteiger partial charge on any atom is -0.280 e. The zero-order valence-electron chi connectivity index (χ0n) is 14.3. The van der Waals surface area contributed by atoms with Crippen LogP contribution < -0.4 is 4.72 Å². The van der Waals surface area contributed by atoms with Gasteiger partial charge in [0, 0.05) is 18.1 Å². The standard InChI is InChI=1S/C19H21N3O2S/c1-15(2)17-7-9-19(10-8-17)25(23,24)21-18-6-3-5-16(13-18)14-22-12-4-11-20-22/h3-13,15,21H,14H2,1-2H3. The van der Waals surface area contributed by atoms with E-state index in [1.54, 1.807) is 29.1 Å². The Morgan fingerprint density at radius 1 is 1.08 bits per heavy atom. The molecule has 2 aromatic carbocycles. The van der Waals surface area contributed by atoms with Gasteiger partial charge in [0.25, 0.3) is 10.0 Å². The summed E-state index contributed by atoms with van der Waals surface area (Å²) in [6.07, 6.45) is 3.58. The summed E-state index contributed by atoms with van der Waals surface area (Å²) in [7, 11) is -3.61. The molecular weight excluding hydrogens is 334 g/mol. The summed E-state index contributed by atoms with van der Waals surface area (Å²) >= 11 is 0. The van der Waals surface area contributed by atoms with E-state index in [0.29, 0.717) is 18.2 Å². The van der Waals surface area contributed by atoms with Crippen LogP contribution in [0, 0.1) is 0 Å². The van der Waals surface area contributed by atoms with Gasteiger partial charge >= 0.3 is 0 Å². The van der Waals surface area contributed by atoms with Crippen molar-refractivity contribution in [2.24, 2.45) is 0 Å². The fourth-order valence-corrected chi connectivity index (χ4v) is 3.61. The summed E-state index contributed by atoms with van der Waals surface area (Å²) < 4.78 is 29.6. The molecule has 0 radical (unpaired) electrons. The molecule has 1 aromatic heterocycles. The van der Waals surface area contributed by atoms with E-state index < -0.39 is 10.0 Å².